The molecule has 0 radical (unpaired) electrons. The second kappa shape index (κ2) is 12.2. The summed E-state index contributed by atoms with van der Waals surface area (Å²) in [5, 5.41) is 0. The fourth-order valence-corrected chi connectivity index (χ4v) is 5.01. The van der Waals surface area contributed by atoms with Gasteiger partial charge in [-0.3, -0.25) is 0 Å². The number of benzene rings is 5. The van der Waals surface area contributed by atoms with Crippen LogP contribution in [0.3, 0.4) is 0 Å². The van der Waals surface area contributed by atoms with Crippen molar-refractivity contribution < 1.29 is 57.2 Å². The maximum Gasteiger partial charge on any atom is 0.346 e. The summed E-state index contributed by atoms with van der Waals surface area (Å²) in [6.45, 7) is 0. The Kier molecular flexibility index (Phi) is 7.57. The van der Waals surface area contributed by atoms with Crippen LogP contribution in [0.5, 0.6) is 17.2 Å². The SMILES string of the molecule is O=C(Oc1ccc(OC(=O)c2ccc3c(c2)C(=O)OC3=O)cc1)c1ccc(-c2ccc(OC(=O)c3ccc4c(c3)C(=O)OC4=O)cc2)cc1. The molecule has 238 valence electrons. The minimum atomic E-state index is -0.837. The van der Waals surface area contributed by atoms with Crippen LogP contribution in [0.25, 0.3) is 11.1 Å². The molecule has 0 spiro atoms. The summed E-state index contributed by atoms with van der Waals surface area (Å²) < 4.78 is 25.2. The Labute approximate surface area is 275 Å². The second-order valence-electron chi connectivity index (χ2n) is 10.6. The van der Waals surface area contributed by atoms with Gasteiger partial charge >= 0.3 is 41.8 Å². The zero-order valence-electron chi connectivity index (χ0n) is 24.8. The largest absolute Gasteiger partial charge is 0.423 e. The molecule has 12 nitrogen and oxygen atoms in total. The summed E-state index contributed by atoms with van der Waals surface area (Å²) in [5.74, 6) is -4.70. The fraction of sp³-hybridized carbons (Fsp3) is 0. The Balaban J connectivity index is 0.937. The van der Waals surface area contributed by atoms with Crippen LogP contribution in [-0.2, 0) is 9.47 Å². The molecular weight excluding hydrogens is 636 g/mol. The van der Waals surface area contributed by atoms with Crippen molar-refractivity contribution in [2.75, 3.05) is 0 Å². The van der Waals surface area contributed by atoms with E-state index in [9.17, 15) is 33.6 Å². The molecule has 0 atom stereocenters. The van der Waals surface area contributed by atoms with E-state index in [1.807, 2.05) is 0 Å². The minimum Gasteiger partial charge on any atom is -0.423 e. The van der Waals surface area contributed by atoms with E-state index in [2.05, 4.69) is 9.47 Å². The first-order chi connectivity index (χ1) is 23.6. The Morgan fingerprint density at radius 1 is 0.367 bits per heavy atom. The first-order valence-electron chi connectivity index (χ1n) is 14.4. The van der Waals surface area contributed by atoms with E-state index >= 15 is 0 Å². The van der Waals surface area contributed by atoms with Crippen LogP contribution in [0.4, 0.5) is 0 Å². The van der Waals surface area contributed by atoms with Gasteiger partial charge in [-0.25, -0.2) is 33.6 Å². The summed E-state index contributed by atoms with van der Waals surface area (Å²) in [6, 6.07) is 26.9. The third-order valence-corrected chi connectivity index (χ3v) is 7.52. The van der Waals surface area contributed by atoms with Crippen LogP contribution >= 0.6 is 0 Å². The van der Waals surface area contributed by atoms with Gasteiger partial charge < -0.3 is 23.7 Å². The number of carbonyl (C=O) groups excluding carboxylic acids is 7. The van der Waals surface area contributed by atoms with Crippen LogP contribution in [-0.4, -0.2) is 41.8 Å². The molecule has 2 heterocycles. The molecule has 0 amide bonds. The molecular formula is C37H18O12. The van der Waals surface area contributed by atoms with Crippen molar-refractivity contribution in [1.82, 2.24) is 0 Å². The molecule has 49 heavy (non-hydrogen) atoms. The summed E-state index contributed by atoms with van der Waals surface area (Å²) in [6.07, 6.45) is 0. The Hall–Kier alpha value is -7.21. The van der Waals surface area contributed by atoms with Crippen molar-refractivity contribution in [2.45, 2.75) is 0 Å². The van der Waals surface area contributed by atoms with Gasteiger partial charge in [-0.1, -0.05) is 24.3 Å². The van der Waals surface area contributed by atoms with Crippen LogP contribution in [0, 0.1) is 0 Å². The van der Waals surface area contributed by atoms with Crippen LogP contribution < -0.4 is 14.2 Å². The van der Waals surface area contributed by atoms with E-state index in [4.69, 9.17) is 14.2 Å². The van der Waals surface area contributed by atoms with Gasteiger partial charge in [0.2, 0.25) is 0 Å². The number of fused-ring (bicyclic) bond motifs is 2. The van der Waals surface area contributed by atoms with Gasteiger partial charge in [-0.15, -0.1) is 0 Å². The van der Waals surface area contributed by atoms with E-state index in [-0.39, 0.29) is 56.2 Å². The highest BCUT2D eigenvalue weighted by molar-refractivity contribution is 6.16. The molecule has 0 saturated carbocycles. The number of ether oxygens (including phenoxy) is 5. The number of esters is 7. The lowest BCUT2D eigenvalue weighted by Gasteiger charge is -2.08. The lowest BCUT2D eigenvalue weighted by molar-refractivity contribution is 0.0425. The molecule has 0 N–H and O–H groups in total. The van der Waals surface area contributed by atoms with Gasteiger partial charge in [0.25, 0.3) is 0 Å². The van der Waals surface area contributed by atoms with Crippen LogP contribution in [0.15, 0.2) is 109 Å². The Morgan fingerprint density at radius 3 is 1.08 bits per heavy atom. The molecule has 2 aliphatic heterocycles. The van der Waals surface area contributed by atoms with E-state index in [0.717, 1.165) is 11.1 Å². The molecule has 5 aromatic rings. The van der Waals surface area contributed by atoms with Crippen molar-refractivity contribution in [2.24, 2.45) is 0 Å². The second-order valence-corrected chi connectivity index (χ2v) is 10.6. The number of carbonyl (C=O) groups is 7. The molecule has 0 fully saturated rings. The lowest BCUT2D eigenvalue weighted by atomic mass is 10.0. The first kappa shape index (κ1) is 30.4. The summed E-state index contributed by atoms with van der Waals surface area (Å²) in [7, 11) is 0. The monoisotopic (exact) mass is 654 g/mol. The summed E-state index contributed by atoms with van der Waals surface area (Å²) in [5.41, 5.74) is 2.10. The molecule has 0 aliphatic carbocycles. The quantitative estimate of drug-likeness (QED) is 0.121. The van der Waals surface area contributed by atoms with Crippen LogP contribution in [0.2, 0.25) is 0 Å². The zero-order chi connectivity index (χ0) is 34.2. The maximum atomic E-state index is 12.8. The highest BCUT2D eigenvalue weighted by atomic mass is 16.6. The average molecular weight is 655 g/mol. The highest BCUT2D eigenvalue weighted by Crippen LogP contribution is 2.27. The Bertz CT molecular complexity index is 2250. The van der Waals surface area contributed by atoms with Crippen molar-refractivity contribution >= 4 is 41.8 Å². The van der Waals surface area contributed by atoms with Gasteiger partial charge in [-0.2, -0.15) is 0 Å². The van der Waals surface area contributed by atoms with Gasteiger partial charge in [0.05, 0.1) is 38.9 Å². The highest BCUT2D eigenvalue weighted by Gasteiger charge is 2.31. The van der Waals surface area contributed by atoms with Gasteiger partial charge in [0.15, 0.2) is 0 Å². The van der Waals surface area contributed by atoms with Crippen LogP contribution in [0.1, 0.15) is 72.5 Å². The first-order valence-corrected chi connectivity index (χ1v) is 14.4. The molecule has 5 aromatic carbocycles. The molecule has 0 unspecified atom stereocenters. The zero-order valence-corrected chi connectivity index (χ0v) is 24.8. The molecule has 2 aliphatic rings. The van der Waals surface area contributed by atoms with E-state index in [1.165, 1.54) is 60.7 Å². The number of rotatable bonds is 7. The smallest absolute Gasteiger partial charge is 0.346 e. The predicted octanol–water partition coefficient (Wildman–Crippen LogP) is 5.63. The average Bonchev–Trinajstić information content (AvgIpc) is 3.57. The molecule has 7 rings (SSSR count). The van der Waals surface area contributed by atoms with Gasteiger partial charge in [0, 0.05) is 0 Å². The number of hydrogen-bond acceptors (Lipinski definition) is 12. The van der Waals surface area contributed by atoms with E-state index < -0.39 is 41.8 Å². The molecule has 12 heteroatoms. The van der Waals surface area contributed by atoms with Crippen molar-refractivity contribution in [3.8, 4) is 28.4 Å². The standard InChI is InChI=1S/C37H18O12/c38-31(45-25-11-13-26(14-12-25)47-33(40)23-8-16-28-30(18-23)37(44)49-35(28)42)21-3-1-19(2-4-21)20-5-9-24(10-6-20)46-32(39)22-7-15-27-29(17-22)36(43)48-34(27)41/h1-18H. The van der Waals surface area contributed by atoms with Gasteiger partial charge in [-0.05, 0) is 96.1 Å². The van der Waals surface area contributed by atoms with Crippen molar-refractivity contribution in [3.05, 3.63) is 148 Å². The topological polar surface area (TPSA) is 166 Å². The molecule has 0 aromatic heterocycles. The summed E-state index contributed by atoms with van der Waals surface area (Å²) in [4.78, 5) is 84.7. The fourth-order valence-electron chi connectivity index (χ4n) is 5.01. The normalized spacial score (nSPS) is 12.8. The molecule has 0 bridgehead atoms. The third kappa shape index (κ3) is 6.04. The number of cyclic esters (lactones) is 4. The maximum absolute atomic E-state index is 12.8. The van der Waals surface area contributed by atoms with Crippen molar-refractivity contribution in [3.63, 3.8) is 0 Å². The lowest BCUT2D eigenvalue weighted by Crippen LogP contribution is -2.10. The summed E-state index contributed by atoms with van der Waals surface area (Å²) >= 11 is 0. The van der Waals surface area contributed by atoms with E-state index in [1.54, 1.807) is 48.5 Å². The number of hydrogen-bond donors (Lipinski definition) is 0. The predicted molar refractivity (Wildman–Crippen MR) is 166 cm³/mol. The Morgan fingerprint density at radius 2 is 0.673 bits per heavy atom. The van der Waals surface area contributed by atoms with Crippen molar-refractivity contribution in [1.29, 1.82) is 0 Å². The molecule has 0 saturated heterocycles. The minimum absolute atomic E-state index is 0.00343. The third-order valence-electron chi connectivity index (χ3n) is 7.52. The van der Waals surface area contributed by atoms with E-state index in [0.29, 0.717) is 0 Å². The van der Waals surface area contributed by atoms with Gasteiger partial charge in [0.1, 0.15) is 17.2 Å².